The van der Waals surface area contributed by atoms with Crippen LogP contribution in [0.15, 0.2) is 48.9 Å². The van der Waals surface area contributed by atoms with Gasteiger partial charge in [0.25, 0.3) is 0 Å². The van der Waals surface area contributed by atoms with E-state index < -0.39 is 0 Å². The van der Waals surface area contributed by atoms with Crippen LogP contribution in [0.25, 0.3) is 22.6 Å². The number of H-pyrrole nitrogens is 3. The Morgan fingerprint density at radius 3 is 2.07 bits per heavy atom. The van der Waals surface area contributed by atoms with E-state index in [4.69, 9.17) is 0 Å². The third kappa shape index (κ3) is 1.29. The molecule has 0 radical (unpaired) electrons. The molecule has 0 atom stereocenters. The van der Waals surface area contributed by atoms with E-state index in [1.165, 1.54) is 5.56 Å². The molecule has 0 unspecified atom stereocenters. The van der Waals surface area contributed by atoms with Crippen LogP contribution in [-0.4, -0.2) is 15.0 Å². The minimum atomic E-state index is 1.10. The Morgan fingerprint density at radius 2 is 1.40 bits per heavy atom. The Kier molecular flexibility index (Phi) is 1.75. The molecule has 3 rings (SSSR count). The molecule has 0 spiro atoms. The van der Waals surface area contributed by atoms with Crippen molar-refractivity contribution in [2.75, 3.05) is 0 Å². The molecule has 0 fully saturated rings. The van der Waals surface area contributed by atoms with Crippen molar-refractivity contribution < 1.29 is 0 Å². The third-order valence-electron chi connectivity index (χ3n) is 2.50. The zero-order valence-corrected chi connectivity index (χ0v) is 8.12. The Balaban J connectivity index is 2.15. The first-order valence-electron chi connectivity index (χ1n) is 4.90. The molecule has 3 nitrogen and oxygen atoms in total. The van der Waals surface area contributed by atoms with E-state index in [0.29, 0.717) is 0 Å². The lowest BCUT2D eigenvalue weighted by atomic mass is 10.1. The largest absolute Gasteiger partial charge is 0.361 e. The predicted octanol–water partition coefficient (Wildman–Crippen LogP) is 3.00. The summed E-state index contributed by atoms with van der Waals surface area (Å²) in [6.45, 7) is 0. The highest BCUT2D eigenvalue weighted by molar-refractivity contribution is 5.77. The van der Waals surface area contributed by atoms with E-state index in [1.807, 2.05) is 30.7 Å². The fraction of sp³-hybridized carbons (Fsp3) is 0. The van der Waals surface area contributed by atoms with Crippen molar-refractivity contribution in [1.29, 1.82) is 0 Å². The highest BCUT2D eigenvalue weighted by Gasteiger charge is 2.08. The van der Waals surface area contributed by atoms with E-state index in [9.17, 15) is 0 Å². The molecule has 0 saturated carbocycles. The summed E-state index contributed by atoms with van der Waals surface area (Å²) in [5.74, 6) is 0. The van der Waals surface area contributed by atoms with Crippen molar-refractivity contribution in [3.05, 3.63) is 48.9 Å². The molecule has 3 N–H and O–H groups in total. The number of hydrogen-bond acceptors (Lipinski definition) is 0. The zero-order chi connectivity index (χ0) is 10.1. The van der Waals surface area contributed by atoms with Gasteiger partial charge in [-0.2, -0.15) is 0 Å². The fourth-order valence-electron chi connectivity index (χ4n) is 1.80. The van der Waals surface area contributed by atoms with Gasteiger partial charge >= 0.3 is 0 Å². The van der Waals surface area contributed by atoms with Crippen molar-refractivity contribution in [1.82, 2.24) is 15.0 Å². The number of nitrogens with one attached hydrogen (secondary N) is 3. The van der Waals surface area contributed by atoms with Gasteiger partial charge in [-0.05, 0) is 30.3 Å². The van der Waals surface area contributed by atoms with Gasteiger partial charge in [0.2, 0.25) is 0 Å². The van der Waals surface area contributed by atoms with Gasteiger partial charge in [-0.25, -0.2) is 0 Å². The molecule has 0 aliphatic heterocycles. The molecule has 0 aliphatic rings. The average Bonchev–Trinajstić information content (AvgIpc) is 3.01. The number of aromatic amines is 3. The third-order valence-corrected chi connectivity index (χ3v) is 2.50. The van der Waals surface area contributed by atoms with E-state index in [0.717, 1.165) is 17.1 Å². The smallest absolute Gasteiger partial charge is 0.0714 e. The van der Waals surface area contributed by atoms with Gasteiger partial charge in [0, 0.05) is 29.8 Å². The van der Waals surface area contributed by atoms with Crippen LogP contribution < -0.4 is 0 Å². The van der Waals surface area contributed by atoms with Crippen LogP contribution >= 0.6 is 0 Å². The SMILES string of the molecule is c1c[nH]c(-c2cc[nH]c2-c2ccc[nH]2)c1. The summed E-state index contributed by atoms with van der Waals surface area (Å²) in [7, 11) is 0. The topological polar surface area (TPSA) is 47.4 Å². The van der Waals surface area contributed by atoms with Gasteiger partial charge in [-0.1, -0.05) is 0 Å². The molecule has 3 heterocycles. The molecular weight excluding hydrogens is 186 g/mol. The molecule has 0 bridgehead atoms. The van der Waals surface area contributed by atoms with Crippen molar-refractivity contribution in [2.45, 2.75) is 0 Å². The number of hydrogen-bond donors (Lipinski definition) is 3. The Morgan fingerprint density at radius 1 is 0.667 bits per heavy atom. The first kappa shape index (κ1) is 8.17. The molecule has 3 aromatic heterocycles. The van der Waals surface area contributed by atoms with E-state index in [-0.39, 0.29) is 0 Å². The van der Waals surface area contributed by atoms with Gasteiger partial charge in [0.05, 0.1) is 11.4 Å². The second kappa shape index (κ2) is 3.20. The van der Waals surface area contributed by atoms with Crippen molar-refractivity contribution in [3.63, 3.8) is 0 Å². The maximum Gasteiger partial charge on any atom is 0.0714 e. The molecule has 15 heavy (non-hydrogen) atoms. The van der Waals surface area contributed by atoms with Crippen LogP contribution in [0.5, 0.6) is 0 Å². The Labute approximate surface area is 87.2 Å². The molecule has 0 saturated heterocycles. The summed E-state index contributed by atoms with van der Waals surface area (Å²) in [5, 5.41) is 0. The van der Waals surface area contributed by atoms with E-state index in [2.05, 4.69) is 33.2 Å². The second-order valence-electron chi connectivity index (χ2n) is 3.43. The van der Waals surface area contributed by atoms with Crippen LogP contribution in [-0.2, 0) is 0 Å². The zero-order valence-electron chi connectivity index (χ0n) is 8.12. The number of aromatic nitrogens is 3. The van der Waals surface area contributed by atoms with Gasteiger partial charge in [-0.15, -0.1) is 0 Å². The number of rotatable bonds is 2. The van der Waals surface area contributed by atoms with Crippen molar-refractivity contribution >= 4 is 0 Å². The van der Waals surface area contributed by atoms with Gasteiger partial charge in [-0.3, -0.25) is 0 Å². The maximum atomic E-state index is 3.25. The summed E-state index contributed by atoms with van der Waals surface area (Å²) in [4.78, 5) is 9.65. The lowest BCUT2D eigenvalue weighted by Gasteiger charge is -1.99. The summed E-state index contributed by atoms with van der Waals surface area (Å²) in [6.07, 6.45) is 5.81. The molecule has 74 valence electrons. The van der Waals surface area contributed by atoms with Crippen LogP contribution in [0.4, 0.5) is 0 Å². The van der Waals surface area contributed by atoms with Gasteiger partial charge in [0.15, 0.2) is 0 Å². The van der Waals surface area contributed by atoms with Crippen LogP contribution in [0.3, 0.4) is 0 Å². The van der Waals surface area contributed by atoms with E-state index >= 15 is 0 Å². The summed E-state index contributed by atoms with van der Waals surface area (Å²) < 4.78 is 0. The van der Waals surface area contributed by atoms with Gasteiger partial charge < -0.3 is 15.0 Å². The first-order chi connectivity index (χ1) is 7.45. The first-order valence-corrected chi connectivity index (χ1v) is 4.90. The molecular formula is C12H11N3. The standard InChI is InChI=1S/C12H11N3/c1-3-10(13-6-1)9-5-8-15-12(9)11-4-2-7-14-11/h1-8,13-15H. The fourth-order valence-corrected chi connectivity index (χ4v) is 1.80. The second-order valence-corrected chi connectivity index (χ2v) is 3.43. The quantitative estimate of drug-likeness (QED) is 0.565. The normalized spacial score (nSPS) is 10.7. The highest BCUT2D eigenvalue weighted by atomic mass is 14.8. The minimum absolute atomic E-state index is 1.10. The summed E-state index contributed by atoms with van der Waals surface area (Å²) >= 11 is 0. The maximum absolute atomic E-state index is 3.25. The molecule has 0 aromatic carbocycles. The average molecular weight is 197 g/mol. The van der Waals surface area contributed by atoms with Gasteiger partial charge in [0.1, 0.15) is 0 Å². The van der Waals surface area contributed by atoms with Crippen molar-refractivity contribution in [3.8, 4) is 22.6 Å². The molecule has 0 aliphatic carbocycles. The van der Waals surface area contributed by atoms with Crippen LogP contribution in [0.1, 0.15) is 0 Å². The predicted molar refractivity (Wildman–Crippen MR) is 60.4 cm³/mol. The lowest BCUT2D eigenvalue weighted by Crippen LogP contribution is -1.81. The summed E-state index contributed by atoms with van der Waals surface area (Å²) in [6, 6.07) is 10.2. The van der Waals surface area contributed by atoms with Crippen molar-refractivity contribution in [2.24, 2.45) is 0 Å². The Bertz CT molecular complexity index is 480. The summed E-state index contributed by atoms with van der Waals surface area (Å²) in [5.41, 5.74) is 4.52. The highest BCUT2D eigenvalue weighted by Crippen LogP contribution is 2.28. The van der Waals surface area contributed by atoms with Crippen LogP contribution in [0.2, 0.25) is 0 Å². The molecule has 3 heteroatoms. The lowest BCUT2D eigenvalue weighted by molar-refractivity contribution is 1.32. The minimum Gasteiger partial charge on any atom is -0.361 e. The van der Waals surface area contributed by atoms with Crippen LogP contribution in [0, 0.1) is 0 Å². The molecule has 3 aromatic rings. The van der Waals surface area contributed by atoms with E-state index in [1.54, 1.807) is 0 Å². The Hall–Kier alpha value is -2.16. The monoisotopic (exact) mass is 197 g/mol. The molecule has 0 amide bonds.